The maximum Gasteiger partial charge on any atom is 0.108 e. The van der Waals surface area contributed by atoms with E-state index >= 15 is 0 Å². The van der Waals surface area contributed by atoms with Gasteiger partial charge in [0.15, 0.2) is 0 Å². The Labute approximate surface area is 103 Å². The summed E-state index contributed by atoms with van der Waals surface area (Å²) in [6.07, 6.45) is 10.2. The van der Waals surface area contributed by atoms with Gasteiger partial charge in [-0.25, -0.2) is 4.98 Å². The van der Waals surface area contributed by atoms with Gasteiger partial charge in [0.2, 0.25) is 0 Å². The van der Waals surface area contributed by atoms with Crippen LogP contribution in [0, 0.1) is 17.8 Å². The lowest BCUT2D eigenvalue weighted by molar-refractivity contribution is 0.320. The highest BCUT2D eigenvalue weighted by Crippen LogP contribution is 2.55. The van der Waals surface area contributed by atoms with Gasteiger partial charge in [0.25, 0.3) is 0 Å². The van der Waals surface area contributed by atoms with Crippen LogP contribution in [0.3, 0.4) is 0 Å². The fourth-order valence-corrected chi connectivity index (χ4v) is 3.47. The van der Waals surface area contributed by atoms with Crippen LogP contribution in [0.2, 0.25) is 0 Å². The second-order valence-electron chi connectivity index (χ2n) is 5.75. The van der Waals surface area contributed by atoms with Gasteiger partial charge in [-0.05, 0) is 43.4 Å². The zero-order valence-electron chi connectivity index (χ0n) is 10.5. The molecule has 1 heterocycles. The number of nitrogens with zero attached hydrogens (tertiary/aromatic N) is 2. The summed E-state index contributed by atoms with van der Waals surface area (Å²) in [5.41, 5.74) is 3.03. The molecule has 3 rings (SSSR count). The summed E-state index contributed by atoms with van der Waals surface area (Å²) in [7, 11) is 2.05. The Morgan fingerprint density at radius 2 is 2.24 bits per heavy atom. The number of nitrogens with one attached hydrogen (secondary N) is 1. The van der Waals surface area contributed by atoms with Crippen LogP contribution in [-0.4, -0.2) is 15.6 Å². The quantitative estimate of drug-likeness (QED) is 0.595. The minimum Gasteiger partial charge on any atom is -0.338 e. The van der Waals surface area contributed by atoms with Crippen molar-refractivity contribution in [3.63, 3.8) is 0 Å². The number of hydrogen-bond donors (Lipinski definition) is 2. The van der Waals surface area contributed by atoms with E-state index in [-0.39, 0.29) is 0 Å². The Morgan fingerprint density at radius 1 is 1.47 bits per heavy atom. The molecule has 3 unspecified atom stereocenters. The van der Waals surface area contributed by atoms with Crippen LogP contribution < -0.4 is 11.3 Å². The second-order valence-corrected chi connectivity index (χ2v) is 5.75. The van der Waals surface area contributed by atoms with Crippen molar-refractivity contribution >= 4 is 0 Å². The molecule has 0 spiro atoms. The Morgan fingerprint density at radius 3 is 2.82 bits per heavy atom. The molecule has 1 aromatic heterocycles. The van der Waals surface area contributed by atoms with Crippen LogP contribution in [-0.2, 0) is 13.5 Å². The Balaban J connectivity index is 1.53. The second kappa shape index (κ2) is 4.42. The van der Waals surface area contributed by atoms with Crippen molar-refractivity contribution in [2.75, 3.05) is 0 Å². The highest BCUT2D eigenvalue weighted by molar-refractivity contribution is 5.00. The van der Waals surface area contributed by atoms with E-state index in [1.54, 1.807) is 0 Å². The zero-order chi connectivity index (χ0) is 11.8. The highest BCUT2D eigenvalue weighted by atomic mass is 15.2. The van der Waals surface area contributed by atoms with Crippen molar-refractivity contribution in [1.82, 2.24) is 15.0 Å². The average Bonchev–Trinajstić information content (AvgIpc) is 2.73. The smallest absolute Gasteiger partial charge is 0.108 e. The van der Waals surface area contributed by atoms with Crippen molar-refractivity contribution in [3.05, 3.63) is 18.2 Å². The van der Waals surface area contributed by atoms with E-state index < -0.39 is 0 Å². The van der Waals surface area contributed by atoms with Crippen molar-refractivity contribution in [3.8, 4) is 0 Å². The molecule has 0 saturated heterocycles. The van der Waals surface area contributed by atoms with Gasteiger partial charge in [0.05, 0.1) is 0 Å². The lowest BCUT2D eigenvalue weighted by Gasteiger charge is -2.23. The molecule has 2 aliphatic rings. The summed E-state index contributed by atoms with van der Waals surface area (Å²) in [5, 5.41) is 0. The normalized spacial score (nSPS) is 32.5. The molecule has 3 atom stereocenters. The van der Waals surface area contributed by atoms with Gasteiger partial charge < -0.3 is 4.57 Å². The van der Waals surface area contributed by atoms with E-state index in [1.807, 2.05) is 12.4 Å². The minimum absolute atomic E-state index is 0.472. The summed E-state index contributed by atoms with van der Waals surface area (Å²) < 4.78 is 2.10. The fraction of sp³-hybridized carbons (Fsp3) is 0.769. The number of fused-ring (bicyclic) bond motifs is 1. The first-order chi connectivity index (χ1) is 8.28. The molecule has 94 valence electrons. The molecule has 0 amide bonds. The van der Waals surface area contributed by atoms with Gasteiger partial charge in [0, 0.05) is 31.9 Å². The number of nitrogens with two attached hydrogens (primary N) is 1. The lowest BCUT2D eigenvalue weighted by atomic mass is 9.91. The molecule has 0 aliphatic heterocycles. The van der Waals surface area contributed by atoms with Crippen LogP contribution in [0.1, 0.15) is 31.5 Å². The first-order valence-corrected chi connectivity index (χ1v) is 6.70. The monoisotopic (exact) mass is 234 g/mol. The lowest BCUT2D eigenvalue weighted by Crippen LogP contribution is -2.41. The molecule has 4 nitrogen and oxygen atoms in total. The van der Waals surface area contributed by atoms with E-state index in [2.05, 4.69) is 22.0 Å². The number of hydrogen-bond acceptors (Lipinski definition) is 3. The van der Waals surface area contributed by atoms with Crippen LogP contribution in [0.4, 0.5) is 0 Å². The van der Waals surface area contributed by atoms with Gasteiger partial charge in [-0.1, -0.05) is 0 Å². The number of aryl methyl sites for hydroxylation is 2. The van der Waals surface area contributed by atoms with Crippen LogP contribution in [0.15, 0.2) is 12.4 Å². The third-order valence-electron chi connectivity index (χ3n) is 4.66. The van der Waals surface area contributed by atoms with E-state index in [9.17, 15) is 0 Å². The van der Waals surface area contributed by atoms with Crippen LogP contribution in [0.25, 0.3) is 0 Å². The molecule has 0 aromatic carbocycles. The summed E-state index contributed by atoms with van der Waals surface area (Å²) in [4.78, 5) is 4.37. The summed E-state index contributed by atoms with van der Waals surface area (Å²) in [6.45, 7) is 0. The van der Waals surface area contributed by atoms with Gasteiger partial charge in [-0.2, -0.15) is 0 Å². The topological polar surface area (TPSA) is 55.9 Å². The Hall–Kier alpha value is -0.870. The average molecular weight is 234 g/mol. The number of hydrazine groups is 1. The third-order valence-corrected chi connectivity index (χ3v) is 4.66. The minimum atomic E-state index is 0.472. The largest absolute Gasteiger partial charge is 0.338 e. The maximum absolute atomic E-state index is 5.71. The van der Waals surface area contributed by atoms with Crippen molar-refractivity contribution in [2.24, 2.45) is 30.6 Å². The maximum atomic E-state index is 5.71. The van der Waals surface area contributed by atoms with E-state index in [1.165, 1.54) is 19.3 Å². The molecule has 0 radical (unpaired) electrons. The summed E-state index contributed by atoms with van der Waals surface area (Å²) >= 11 is 0. The van der Waals surface area contributed by atoms with Crippen molar-refractivity contribution < 1.29 is 0 Å². The molecule has 3 N–H and O–H groups in total. The molecule has 2 fully saturated rings. The molecule has 2 aliphatic carbocycles. The number of imidazole rings is 1. The van der Waals surface area contributed by atoms with E-state index in [0.717, 1.165) is 36.4 Å². The molecular weight excluding hydrogens is 212 g/mol. The van der Waals surface area contributed by atoms with Gasteiger partial charge in [0.1, 0.15) is 5.82 Å². The predicted octanol–water partition coefficient (Wildman–Crippen LogP) is 1.23. The first-order valence-electron chi connectivity index (χ1n) is 6.70. The number of aromatic nitrogens is 2. The molecular formula is C13H22N4. The van der Waals surface area contributed by atoms with Gasteiger partial charge in [-0.15, -0.1) is 0 Å². The zero-order valence-corrected chi connectivity index (χ0v) is 10.5. The highest BCUT2D eigenvalue weighted by Gasteiger charge is 2.47. The van der Waals surface area contributed by atoms with Crippen LogP contribution in [0.5, 0.6) is 0 Å². The number of rotatable bonds is 5. The third kappa shape index (κ3) is 2.24. The van der Waals surface area contributed by atoms with Crippen LogP contribution >= 0.6 is 0 Å². The Kier molecular flexibility index (Phi) is 2.92. The van der Waals surface area contributed by atoms with E-state index in [4.69, 9.17) is 5.84 Å². The molecule has 2 saturated carbocycles. The van der Waals surface area contributed by atoms with Gasteiger partial charge >= 0.3 is 0 Å². The van der Waals surface area contributed by atoms with Crippen molar-refractivity contribution in [2.45, 2.75) is 38.1 Å². The standard InChI is InChI=1S/C13H22N4/c1-17-5-4-15-13(17)3-2-12(16-14)11-7-9-6-10(9)8-11/h4-5,9-12,16H,2-3,6-8,14H2,1H3. The van der Waals surface area contributed by atoms with Crippen molar-refractivity contribution in [1.29, 1.82) is 0 Å². The molecule has 0 bridgehead atoms. The molecule has 1 aromatic rings. The molecule has 4 heteroatoms. The molecule has 17 heavy (non-hydrogen) atoms. The van der Waals surface area contributed by atoms with Gasteiger partial charge in [-0.3, -0.25) is 11.3 Å². The SMILES string of the molecule is Cn1ccnc1CCC(NN)C1CC2CC2C1. The summed E-state index contributed by atoms with van der Waals surface area (Å²) in [5.74, 6) is 9.73. The van der Waals surface area contributed by atoms with E-state index in [0.29, 0.717) is 6.04 Å². The Bertz CT molecular complexity index is 377. The fourth-order valence-electron chi connectivity index (χ4n) is 3.47. The first kappa shape index (κ1) is 11.2. The summed E-state index contributed by atoms with van der Waals surface area (Å²) in [6, 6.07) is 0.472. The predicted molar refractivity (Wildman–Crippen MR) is 67.0 cm³/mol.